The number of ether oxygens (including phenoxy) is 1. The maximum Gasteiger partial charge on any atom is 0.262 e. The second-order valence-corrected chi connectivity index (χ2v) is 7.43. The summed E-state index contributed by atoms with van der Waals surface area (Å²) in [6, 6.07) is 22.1. The van der Waals surface area contributed by atoms with Gasteiger partial charge < -0.3 is 18.9 Å². The van der Waals surface area contributed by atoms with Crippen LogP contribution in [0.5, 0.6) is 5.75 Å². The molecule has 0 bridgehead atoms. The lowest BCUT2D eigenvalue weighted by molar-refractivity contribution is -0.118. The molecule has 0 unspecified atom stereocenters. The van der Waals surface area contributed by atoms with Crippen LogP contribution in [0, 0.1) is 6.92 Å². The molecule has 0 atom stereocenters. The third-order valence-electron chi connectivity index (χ3n) is 5.16. The Hall–Kier alpha value is -4.32. The molecule has 0 fully saturated rings. The van der Waals surface area contributed by atoms with Gasteiger partial charge in [0.05, 0.1) is 11.6 Å². The van der Waals surface area contributed by atoms with Gasteiger partial charge in [0.25, 0.3) is 5.91 Å². The second kappa shape index (κ2) is 8.07. The molecule has 5 aromatic rings. The van der Waals surface area contributed by atoms with Crippen molar-refractivity contribution in [3.63, 3.8) is 0 Å². The highest BCUT2D eigenvalue weighted by Crippen LogP contribution is 2.31. The van der Waals surface area contributed by atoms with E-state index in [4.69, 9.17) is 13.6 Å². The van der Waals surface area contributed by atoms with Crippen molar-refractivity contribution in [2.24, 2.45) is 0 Å². The van der Waals surface area contributed by atoms with Gasteiger partial charge in [0.1, 0.15) is 5.58 Å². The van der Waals surface area contributed by atoms with Crippen LogP contribution in [0.15, 0.2) is 92.7 Å². The summed E-state index contributed by atoms with van der Waals surface area (Å²) in [5.41, 5.74) is 1.64. The minimum atomic E-state index is -0.393. The fourth-order valence-corrected chi connectivity index (χ4v) is 3.65. The Morgan fingerprint density at radius 3 is 2.66 bits per heavy atom. The van der Waals surface area contributed by atoms with Crippen molar-refractivity contribution in [1.29, 1.82) is 0 Å². The van der Waals surface area contributed by atoms with Crippen LogP contribution in [0.25, 0.3) is 33.3 Å². The van der Waals surface area contributed by atoms with Gasteiger partial charge in [0, 0.05) is 11.1 Å². The standard InChI is InChI=1S/C26H19NO5/c1-16-11-12-21-19(14-16)24(29)26(25(32-21)22-10-5-13-30-22)31-15-23(28)27-20-9-4-7-17-6-2-3-8-18(17)20/h2-14H,15H2,1H3,(H,27,28). The summed E-state index contributed by atoms with van der Waals surface area (Å²) < 4.78 is 17.1. The molecular weight excluding hydrogens is 406 g/mol. The lowest BCUT2D eigenvalue weighted by Gasteiger charge is -2.12. The number of nitrogens with one attached hydrogen (secondary N) is 1. The minimum Gasteiger partial charge on any atom is -0.476 e. The molecule has 158 valence electrons. The predicted molar refractivity (Wildman–Crippen MR) is 123 cm³/mol. The number of benzene rings is 3. The number of aryl methyl sites for hydroxylation is 1. The molecule has 0 aliphatic heterocycles. The third-order valence-corrected chi connectivity index (χ3v) is 5.16. The number of fused-ring (bicyclic) bond motifs is 2. The number of rotatable bonds is 5. The van der Waals surface area contributed by atoms with Gasteiger partial charge in [-0.2, -0.15) is 0 Å². The van der Waals surface area contributed by atoms with E-state index in [1.54, 1.807) is 24.3 Å². The van der Waals surface area contributed by atoms with Crippen LogP contribution < -0.4 is 15.5 Å². The normalized spacial score (nSPS) is 11.0. The highest BCUT2D eigenvalue weighted by Gasteiger charge is 2.21. The SMILES string of the molecule is Cc1ccc2oc(-c3ccco3)c(OCC(=O)Nc3cccc4ccccc34)c(=O)c2c1. The first kappa shape index (κ1) is 19.6. The lowest BCUT2D eigenvalue weighted by Crippen LogP contribution is -2.22. The summed E-state index contributed by atoms with van der Waals surface area (Å²) in [4.78, 5) is 25.8. The average molecular weight is 425 g/mol. The molecule has 0 spiro atoms. The Morgan fingerprint density at radius 2 is 1.81 bits per heavy atom. The highest BCUT2D eigenvalue weighted by atomic mass is 16.5. The number of hydrogen-bond donors (Lipinski definition) is 1. The Balaban J connectivity index is 1.47. The number of furan rings is 1. The molecular formula is C26H19NO5. The van der Waals surface area contributed by atoms with Crippen molar-refractivity contribution < 1.29 is 18.4 Å². The van der Waals surface area contributed by atoms with Crippen molar-refractivity contribution in [2.45, 2.75) is 6.92 Å². The fourth-order valence-electron chi connectivity index (χ4n) is 3.65. The van der Waals surface area contributed by atoms with Gasteiger partial charge in [-0.3, -0.25) is 9.59 Å². The summed E-state index contributed by atoms with van der Waals surface area (Å²) in [7, 11) is 0. The zero-order valence-electron chi connectivity index (χ0n) is 17.3. The molecule has 32 heavy (non-hydrogen) atoms. The van der Waals surface area contributed by atoms with Gasteiger partial charge >= 0.3 is 0 Å². The summed E-state index contributed by atoms with van der Waals surface area (Å²) in [6.45, 7) is 1.52. The van der Waals surface area contributed by atoms with Crippen molar-refractivity contribution in [3.8, 4) is 17.3 Å². The predicted octanol–water partition coefficient (Wildman–Crippen LogP) is 5.53. The zero-order valence-corrected chi connectivity index (χ0v) is 17.3. The molecule has 0 aliphatic carbocycles. The Bertz CT molecular complexity index is 1490. The van der Waals surface area contributed by atoms with E-state index in [0.717, 1.165) is 16.3 Å². The van der Waals surface area contributed by atoms with Crippen LogP contribution in [0.4, 0.5) is 5.69 Å². The van der Waals surface area contributed by atoms with Gasteiger partial charge in [0.15, 0.2) is 12.4 Å². The molecule has 6 heteroatoms. The minimum absolute atomic E-state index is 0.0638. The molecule has 2 aromatic heterocycles. The summed E-state index contributed by atoms with van der Waals surface area (Å²) in [5, 5.41) is 5.16. The summed E-state index contributed by atoms with van der Waals surface area (Å²) in [5.74, 6) is 0.0324. The van der Waals surface area contributed by atoms with E-state index in [1.165, 1.54) is 6.26 Å². The number of anilines is 1. The zero-order chi connectivity index (χ0) is 22.1. The van der Waals surface area contributed by atoms with E-state index in [2.05, 4.69) is 5.32 Å². The molecule has 5 rings (SSSR count). The molecule has 6 nitrogen and oxygen atoms in total. The van der Waals surface area contributed by atoms with Crippen LogP contribution in [0.3, 0.4) is 0 Å². The third kappa shape index (κ3) is 3.63. The molecule has 3 aromatic carbocycles. The van der Waals surface area contributed by atoms with Gasteiger partial charge in [0.2, 0.25) is 16.9 Å². The topological polar surface area (TPSA) is 81.7 Å². The van der Waals surface area contributed by atoms with Crippen LogP contribution in [-0.2, 0) is 4.79 Å². The van der Waals surface area contributed by atoms with Gasteiger partial charge in [-0.05, 0) is 42.6 Å². The van der Waals surface area contributed by atoms with E-state index in [-0.39, 0.29) is 23.5 Å². The van der Waals surface area contributed by atoms with Gasteiger partial charge in [-0.1, -0.05) is 48.0 Å². The van der Waals surface area contributed by atoms with Crippen LogP contribution in [0.1, 0.15) is 5.56 Å². The van der Waals surface area contributed by atoms with Crippen molar-refractivity contribution >= 4 is 33.3 Å². The van der Waals surface area contributed by atoms with E-state index in [0.29, 0.717) is 22.4 Å². The number of carbonyl (C=O) groups excluding carboxylic acids is 1. The van der Waals surface area contributed by atoms with E-state index in [9.17, 15) is 9.59 Å². The molecule has 0 radical (unpaired) electrons. The molecule has 2 heterocycles. The number of amides is 1. The molecule has 1 amide bonds. The molecule has 1 N–H and O–H groups in total. The van der Waals surface area contributed by atoms with E-state index < -0.39 is 5.91 Å². The maximum atomic E-state index is 13.2. The van der Waals surface area contributed by atoms with Gasteiger partial charge in [-0.25, -0.2) is 0 Å². The molecule has 0 saturated carbocycles. The first-order valence-electron chi connectivity index (χ1n) is 10.1. The van der Waals surface area contributed by atoms with Crippen molar-refractivity contribution in [1.82, 2.24) is 0 Å². The summed E-state index contributed by atoms with van der Waals surface area (Å²) >= 11 is 0. The largest absolute Gasteiger partial charge is 0.476 e. The van der Waals surface area contributed by atoms with Crippen LogP contribution >= 0.6 is 0 Å². The Morgan fingerprint density at radius 1 is 0.969 bits per heavy atom. The van der Waals surface area contributed by atoms with E-state index >= 15 is 0 Å². The van der Waals surface area contributed by atoms with Crippen molar-refractivity contribution in [3.05, 3.63) is 94.8 Å². The summed E-state index contributed by atoms with van der Waals surface area (Å²) in [6.07, 6.45) is 1.48. The smallest absolute Gasteiger partial charge is 0.262 e. The lowest BCUT2D eigenvalue weighted by atomic mass is 10.1. The fraction of sp³-hybridized carbons (Fsp3) is 0.0769. The Kier molecular flexibility index (Phi) is 4.95. The first-order chi connectivity index (χ1) is 15.6. The molecule has 0 aliphatic rings. The monoisotopic (exact) mass is 425 g/mol. The second-order valence-electron chi connectivity index (χ2n) is 7.43. The molecule has 0 saturated heterocycles. The van der Waals surface area contributed by atoms with E-state index in [1.807, 2.05) is 55.5 Å². The quantitative estimate of drug-likeness (QED) is 0.400. The Labute approximate surface area is 183 Å². The van der Waals surface area contributed by atoms with Gasteiger partial charge in [-0.15, -0.1) is 0 Å². The van der Waals surface area contributed by atoms with Crippen LogP contribution in [0.2, 0.25) is 0 Å². The highest BCUT2D eigenvalue weighted by molar-refractivity contribution is 6.02. The average Bonchev–Trinajstić information content (AvgIpc) is 3.34. The number of carbonyl (C=O) groups is 1. The number of hydrogen-bond acceptors (Lipinski definition) is 5. The van der Waals surface area contributed by atoms with Crippen molar-refractivity contribution in [2.75, 3.05) is 11.9 Å². The maximum absolute atomic E-state index is 13.2. The first-order valence-corrected chi connectivity index (χ1v) is 10.1. The van der Waals surface area contributed by atoms with Crippen LogP contribution in [-0.4, -0.2) is 12.5 Å².